The molecule has 0 unspecified atom stereocenters. The summed E-state index contributed by atoms with van der Waals surface area (Å²) in [7, 11) is 0. The lowest BCUT2D eigenvalue weighted by Crippen LogP contribution is -2.39. The molecule has 0 bridgehead atoms. The van der Waals surface area contributed by atoms with Crippen molar-refractivity contribution in [2.45, 2.75) is 26.8 Å². The van der Waals surface area contributed by atoms with Crippen LogP contribution in [0.15, 0.2) is 35.1 Å². The van der Waals surface area contributed by atoms with Crippen molar-refractivity contribution in [3.63, 3.8) is 0 Å². The fourth-order valence-corrected chi connectivity index (χ4v) is 4.72. The third-order valence-corrected chi connectivity index (χ3v) is 6.16. The number of oxazole rings is 1. The van der Waals surface area contributed by atoms with Crippen molar-refractivity contribution in [2.24, 2.45) is 11.8 Å². The minimum atomic E-state index is -0.0959. The maximum Gasteiger partial charge on any atom is 0.276 e. The van der Waals surface area contributed by atoms with Gasteiger partial charge in [0.05, 0.1) is 6.04 Å². The molecule has 2 aromatic rings. The lowest BCUT2D eigenvalue weighted by molar-refractivity contribution is -0.137. The van der Waals surface area contributed by atoms with Gasteiger partial charge in [0, 0.05) is 38.1 Å². The van der Waals surface area contributed by atoms with Gasteiger partial charge in [0.15, 0.2) is 12.1 Å². The van der Waals surface area contributed by atoms with Crippen LogP contribution in [0, 0.1) is 25.7 Å². The van der Waals surface area contributed by atoms with Gasteiger partial charge in [-0.25, -0.2) is 4.98 Å². The van der Waals surface area contributed by atoms with Gasteiger partial charge in [0.25, 0.3) is 5.91 Å². The first-order valence-electron chi connectivity index (χ1n) is 10.1. The number of aryl methyl sites for hydroxylation is 2. The molecule has 7 nitrogen and oxygen atoms in total. The number of likely N-dealkylation sites (tertiary alicyclic amines) is 2. The van der Waals surface area contributed by atoms with Crippen LogP contribution in [0.25, 0.3) is 0 Å². The van der Waals surface area contributed by atoms with E-state index in [2.05, 4.69) is 24.0 Å². The van der Waals surface area contributed by atoms with Crippen molar-refractivity contribution < 1.29 is 18.7 Å². The standard InChI is InChI=1S/C22H27N3O4/c1-4-28-12-19(26)25-10-16-9-24(22(27)20-15(3)29-13-23-20)11-18(16)21(25)17-8-6-5-7-14(17)2/h5-8,13,16,18,21H,4,9-12H2,1-3H3/t16-,18-,21+/m0/s1. The van der Waals surface area contributed by atoms with E-state index in [-0.39, 0.29) is 36.3 Å². The fourth-order valence-electron chi connectivity index (χ4n) is 4.72. The van der Waals surface area contributed by atoms with Crippen LogP contribution in [0.5, 0.6) is 0 Å². The minimum absolute atomic E-state index is 0.0136. The summed E-state index contributed by atoms with van der Waals surface area (Å²) in [6.45, 7) is 8.19. The number of carbonyl (C=O) groups excluding carboxylic acids is 2. The predicted octanol–water partition coefficient (Wildman–Crippen LogP) is 2.60. The first-order chi connectivity index (χ1) is 14.0. The van der Waals surface area contributed by atoms with Crippen molar-refractivity contribution in [2.75, 3.05) is 32.8 Å². The number of ether oxygens (including phenoxy) is 1. The lowest BCUT2D eigenvalue weighted by atomic mass is 9.87. The topological polar surface area (TPSA) is 75.9 Å². The molecule has 1 aromatic heterocycles. The maximum atomic E-state index is 12.9. The van der Waals surface area contributed by atoms with E-state index in [0.29, 0.717) is 37.7 Å². The number of nitrogens with zero attached hydrogens (tertiary/aromatic N) is 3. The van der Waals surface area contributed by atoms with Crippen molar-refractivity contribution in [3.8, 4) is 0 Å². The molecule has 4 rings (SSSR count). The van der Waals surface area contributed by atoms with E-state index in [1.807, 2.05) is 28.9 Å². The highest BCUT2D eigenvalue weighted by Crippen LogP contribution is 2.46. The van der Waals surface area contributed by atoms with E-state index in [1.165, 1.54) is 6.39 Å². The SMILES string of the molecule is CCOCC(=O)N1C[C@@H]2CN(C(=O)c3ncoc3C)C[C@@H]2[C@H]1c1ccccc1C. The normalized spacial score (nSPS) is 23.5. The van der Waals surface area contributed by atoms with E-state index >= 15 is 0 Å². The molecule has 0 saturated carbocycles. The number of fused-ring (bicyclic) bond motifs is 1. The first kappa shape index (κ1) is 19.6. The van der Waals surface area contributed by atoms with Crippen LogP contribution in [-0.4, -0.2) is 59.4 Å². The highest BCUT2D eigenvalue weighted by atomic mass is 16.5. The summed E-state index contributed by atoms with van der Waals surface area (Å²) in [4.78, 5) is 33.7. The van der Waals surface area contributed by atoms with Gasteiger partial charge < -0.3 is 19.0 Å². The number of amides is 2. The van der Waals surface area contributed by atoms with Crippen LogP contribution >= 0.6 is 0 Å². The molecular formula is C22H27N3O4. The van der Waals surface area contributed by atoms with Gasteiger partial charge in [-0.05, 0) is 31.9 Å². The number of carbonyl (C=O) groups is 2. The Bertz CT molecular complexity index is 909. The van der Waals surface area contributed by atoms with Crippen molar-refractivity contribution in [1.82, 2.24) is 14.8 Å². The summed E-state index contributed by atoms with van der Waals surface area (Å²) >= 11 is 0. The second kappa shape index (κ2) is 7.99. The Hall–Kier alpha value is -2.67. The zero-order valence-electron chi connectivity index (χ0n) is 17.1. The monoisotopic (exact) mass is 397 g/mol. The molecule has 2 aliphatic rings. The van der Waals surface area contributed by atoms with E-state index in [4.69, 9.17) is 9.15 Å². The quantitative estimate of drug-likeness (QED) is 0.775. The molecule has 1 aromatic carbocycles. The fraction of sp³-hybridized carbons (Fsp3) is 0.500. The molecule has 0 spiro atoms. The maximum absolute atomic E-state index is 12.9. The molecule has 0 radical (unpaired) electrons. The molecule has 2 aliphatic heterocycles. The van der Waals surface area contributed by atoms with Gasteiger partial charge in [0.2, 0.25) is 5.91 Å². The highest BCUT2D eigenvalue weighted by molar-refractivity contribution is 5.93. The van der Waals surface area contributed by atoms with Gasteiger partial charge in [-0.3, -0.25) is 9.59 Å². The third kappa shape index (κ3) is 3.55. The van der Waals surface area contributed by atoms with Gasteiger partial charge in [-0.15, -0.1) is 0 Å². The molecule has 3 atom stereocenters. The van der Waals surface area contributed by atoms with E-state index in [0.717, 1.165) is 11.1 Å². The largest absolute Gasteiger partial charge is 0.448 e. The predicted molar refractivity (Wildman–Crippen MR) is 106 cm³/mol. The Labute approximate surface area is 170 Å². The second-order valence-corrected chi connectivity index (χ2v) is 7.88. The van der Waals surface area contributed by atoms with E-state index < -0.39 is 0 Å². The molecule has 7 heteroatoms. The summed E-state index contributed by atoms with van der Waals surface area (Å²) in [6, 6.07) is 8.14. The molecule has 2 amide bonds. The van der Waals surface area contributed by atoms with Crippen molar-refractivity contribution in [1.29, 1.82) is 0 Å². The Balaban J connectivity index is 1.60. The number of benzene rings is 1. The molecule has 2 saturated heterocycles. The Morgan fingerprint density at radius 2 is 2.00 bits per heavy atom. The zero-order chi connectivity index (χ0) is 20.5. The van der Waals surface area contributed by atoms with E-state index in [9.17, 15) is 9.59 Å². The van der Waals surface area contributed by atoms with Crippen LogP contribution < -0.4 is 0 Å². The summed E-state index contributed by atoms with van der Waals surface area (Å²) in [6.07, 6.45) is 1.31. The Kier molecular flexibility index (Phi) is 5.41. The average molecular weight is 397 g/mol. The number of hydrogen-bond acceptors (Lipinski definition) is 5. The van der Waals surface area contributed by atoms with Crippen molar-refractivity contribution in [3.05, 3.63) is 53.2 Å². The smallest absolute Gasteiger partial charge is 0.276 e. The summed E-state index contributed by atoms with van der Waals surface area (Å²) < 4.78 is 10.6. The molecule has 2 fully saturated rings. The first-order valence-corrected chi connectivity index (χ1v) is 10.1. The molecule has 0 aliphatic carbocycles. The summed E-state index contributed by atoms with van der Waals surface area (Å²) in [5, 5.41) is 0. The van der Waals surface area contributed by atoms with Crippen LogP contribution in [0.3, 0.4) is 0 Å². The van der Waals surface area contributed by atoms with Crippen LogP contribution in [0.4, 0.5) is 0 Å². The third-order valence-electron chi connectivity index (χ3n) is 6.16. The van der Waals surface area contributed by atoms with Gasteiger partial charge in [-0.1, -0.05) is 24.3 Å². The summed E-state index contributed by atoms with van der Waals surface area (Å²) in [5.41, 5.74) is 2.68. The molecule has 154 valence electrons. The number of hydrogen-bond donors (Lipinski definition) is 0. The summed E-state index contributed by atoms with van der Waals surface area (Å²) in [5.74, 6) is 0.885. The number of rotatable bonds is 5. The van der Waals surface area contributed by atoms with Gasteiger partial charge in [0.1, 0.15) is 12.4 Å². The minimum Gasteiger partial charge on any atom is -0.448 e. The van der Waals surface area contributed by atoms with E-state index in [1.54, 1.807) is 6.92 Å². The second-order valence-electron chi connectivity index (χ2n) is 7.88. The molecule has 29 heavy (non-hydrogen) atoms. The Morgan fingerprint density at radius 1 is 1.21 bits per heavy atom. The average Bonchev–Trinajstić information content (AvgIpc) is 3.40. The van der Waals surface area contributed by atoms with Crippen LogP contribution in [0.2, 0.25) is 0 Å². The molecule has 0 N–H and O–H groups in total. The molecule has 3 heterocycles. The van der Waals surface area contributed by atoms with Crippen LogP contribution in [-0.2, 0) is 9.53 Å². The lowest BCUT2D eigenvalue weighted by Gasteiger charge is -2.31. The van der Waals surface area contributed by atoms with Crippen LogP contribution in [0.1, 0.15) is 40.3 Å². The number of aromatic nitrogens is 1. The van der Waals surface area contributed by atoms with Gasteiger partial charge >= 0.3 is 0 Å². The van der Waals surface area contributed by atoms with Crippen molar-refractivity contribution >= 4 is 11.8 Å². The molecular weight excluding hydrogens is 370 g/mol. The van der Waals surface area contributed by atoms with Gasteiger partial charge in [-0.2, -0.15) is 0 Å². The highest BCUT2D eigenvalue weighted by Gasteiger charge is 2.50. The zero-order valence-corrected chi connectivity index (χ0v) is 17.1. The Morgan fingerprint density at radius 3 is 2.69 bits per heavy atom.